The van der Waals surface area contributed by atoms with Crippen LogP contribution in [0.3, 0.4) is 0 Å². The van der Waals surface area contributed by atoms with Gasteiger partial charge in [-0.05, 0) is 41.3 Å². The fourth-order valence-corrected chi connectivity index (χ4v) is 5.39. The van der Waals surface area contributed by atoms with Crippen LogP contribution in [0.1, 0.15) is 46.2 Å². The van der Waals surface area contributed by atoms with Gasteiger partial charge in [0.25, 0.3) is 0 Å². The highest BCUT2D eigenvalue weighted by molar-refractivity contribution is 7.88. The molecule has 1 unspecified atom stereocenters. The number of Topliss-reactive ketones (excluding diaryl/α,β-unsaturated/α-hetero) is 1. The number of nitrogens with two attached hydrogens (primary N) is 1. The Morgan fingerprint density at radius 1 is 1.23 bits per heavy atom. The van der Waals surface area contributed by atoms with E-state index in [0.717, 1.165) is 11.1 Å². The molecule has 3 aromatic rings. The Labute approximate surface area is 204 Å². The number of ketones is 1. The molecule has 184 valence electrons. The number of nitrogens with zero attached hydrogens (tertiary/aromatic N) is 2. The van der Waals surface area contributed by atoms with E-state index < -0.39 is 27.5 Å². The number of hydrogen-bond acceptors (Lipinski definition) is 6. The van der Waals surface area contributed by atoms with Gasteiger partial charge in [-0.1, -0.05) is 36.4 Å². The summed E-state index contributed by atoms with van der Waals surface area (Å²) >= 11 is 0. The van der Waals surface area contributed by atoms with E-state index in [0.29, 0.717) is 30.6 Å². The van der Waals surface area contributed by atoms with Crippen LogP contribution < -0.4 is 5.73 Å². The molecule has 1 aromatic heterocycles. The van der Waals surface area contributed by atoms with Crippen molar-refractivity contribution in [2.75, 3.05) is 31.7 Å². The smallest absolute Gasteiger partial charge is 0.211 e. The van der Waals surface area contributed by atoms with E-state index in [1.165, 1.54) is 22.7 Å². The lowest BCUT2D eigenvalue weighted by Gasteiger charge is -2.16. The number of aromatic nitrogens is 1. The molecule has 2 heterocycles. The van der Waals surface area contributed by atoms with Crippen molar-refractivity contribution in [1.82, 2.24) is 9.29 Å². The molecule has 1 saturated heterocycles. The maximum Gasteiger partial charge on any atom is 0.211 e. The number of halogens is 1. The molecule has 0 saturated carbocycles. The Kier molecular flexibility index (Phi) is 7.30. The lowest BCUT2D eigenvalue weighted by atomic mass is 9.91. The van der Waals surface area contributed by atoms with Crippen molar-refractivity contribution in [1.29, 1.82) is 0 Å². The Morgan fingerprint density at radius 2 is 1.97 bits per heavy atom. The summed E-state index contributed by atoms with van der Waals surface area (Å²) in [6.45, 7) is 0.577. The number of hydrogen-bond donors (Lipinski definition) is 2. The minimum atomic E-state index is -3.27. The molecular weight excluding hydrogens is 469 g/mol. The van der Waals surface area contributed by atoms with Gasteiger partial charge in [-0.25, -0.2) is 22.1 Å². The van der Waals surface area contributed by atoms with Crippen LogP contribution >= 0.6 is 0 Å². The summed E-state index contributed by atoms with van der Waals surface area (Å²) in [5.41, 5.74) is 8.67. The average Bonchev–Trinajstić information content (AvgIpc) is 3.34. The first-order valence-corrected chi connectivity index (χ1v) is 13.2. The minimum Gasteiger partial charge on any atom is -0.396 e. The van der Waals surface area contributed by atoms with Gasteiger partial charge in [0.15, 0.2) is 5.78 Å². The Balaban J connectivity index is 1.55. The zero-order chi connectivity index (χ0) is 25.2. The van der Waals surface area contributed by atoms with Crippen molar-refractivity contribution in [3.8, 4) is 11.1 Å². The Hall–Kier alpha value is -3.14. The maximum atomic E-state index is 15.0. The summed E-state index contributed by atoms with van der Waals surface area (Å²) in [4.78, 5) is 17.1. The standard InChI is InChI=1S/C26H28FN3O4S/c1-35(33,34)30-10-9-19(15-30)20-11-23(26(28)29-14-20)18-7-8-22(24(27)12-18)25(32)13-21(16-31)17-5-3-2-4-6-17/h2-8,11-12,14,19,21,31H,9-10,13,15-16H2,1H3,(H2,28,29)/t19?,21-/m1/s1. The van der Waals surface area contributed by atoms with Gasteiger partial charge < -0.3 is 10.8 Å². The third-order valence-corrected chi connectivity index (χ3v) is 7.80. The molecule has 2 atom stereocenters. The van der Waals surface area contributed by atoms with Gasteiger partial charge in [0.1, 0.15) is 11.6 Å². The van der Waals surface area contributed by atoms with Gasteiger partial charge in [0, 0.05) is 43.1 Å². The van der Waals surface area contributed by atoms with Crippen molar-refractivity contribution in [2.24, 2.45) is 0 Å². The largest absolute Gasteiger partial charge is 0.396 e. The van der Waals surface area contributed by atoms with E-state index in [1.54, 1.807) is 12.3 Å². The molecule has 1 aliphatic heterocycles. The van der Waals surface area contributed by atoms with Crippen LogP contribution in [0.4, 0.5) is 10.2 Å². The first-order chi connectivity index (χ1) is 16.7. The molecule has 0 bridgehead atoms. The fraction of sp³-hybridized carbons (Fsp3) is 0.308. The summed E-state index contributed by atoms with van der Waals surface area (Å²) in [5.74, 6) is -1.31. The third kappa shape index (κ3) is 5.58. The van der Waals surface area contributed by atoms with Gasteiger partial charge in [0.05, 0.1) is 18.4 Å². The van der Waals surface area contributed by atoms with Gasteiger partial charge >= 0.3 is 0 Å². The van der Waals surface area contributed by atoms with Crippen molar-refractivity contribution < 1.29 is 22.7 Å². The van der Waals surface area contributed by atoms with Crippen LogP contribution in [0.25, 0.3) is 11.1 Å². The molecular formula is C26H28FN3O4S. The van der Waals surface area contributed by atoms with Crippen molar-refractivity contribution in [2.45, 2.75) is 24.7 Å². The van der Waals surface area contributed by atoms with Gasteiger partial charge in [-0.2, -0.15) is 0 Å². The Bertz CT molecular complexity index is 1330. The van der Waals surface area contributed by atoms with Crippen molar-refractivity contribution >= 4 is 21.6 Å². The lowest BCUT2D eigenvalue weighted by molar-refractivity contribution is 0.0956. The van der Waals surface area contributed by atoms with Crippen LogP contribution in [0.5, 0.6) is 0 Å². The lowest BCUT2D eigenvalue weighted by Crippen LogP contribution is -2.27. The zero-order valence-corrected chi connectivity index (χ0v) is 20.2. The van der Waals surface area contributed by atoms with Crippen LogP contribution in [0.2, 0.25) is 0 Å². The molecule has 4 rings (SSSR count). The molecule has 0 spiro atoms. The average molecular weight is 498 g/mol. The van der Waals surface area contributed by atoms with E-state index >= 15 is 4.39 Å². The molecule has 1 aliphatic rings. The van der Waals surface area contributed by atoms with E-state index in [4.69, 9.17) is 5.73 Å². The molecule has 7 nitrogen and oxygen atoms in total. The summed E-state index contributed by atoms with van der Waals surface area (Å²) in [7, 11) is -3.27. The van der Waals surface area contributed by atoms with Gasteiger partial charge in [-0.3, -0.25) is 4.79 Å². The summed E-state index contributed by atoms with van der Waals surface area (Å²) in [5, 5.41) is 9.74. The highest BCUT2D eigenvalue weighted by Crippen LogP contribution is 2.34. The monoisotopic (exact) mass is 497 g/mol. The number of aliphatic hydroxyl groups is 1. The highest BCUT2D eigenvalue weighted by Gasteiger charge is 2.30. The third-order valence-electron chi connectivity index (χ3n) is 6.53. The fourth-order valence-electron chi connectivity index (χ4n) is 4.50. The SMILES string of the molecule is CS(=O)(=O)N1CCC(c2cnc(N)c(-c3ccc(C(=O)C[C@H](CO)c4ccccc4)c(F)c3)c2)C1. The van der Waals surface area contributed by atoms with Crippen LogP contribution in [-0.4, -0.2) is 54.5 Å². The van der Waals surface area contributed by atoms with E-state index in [9.17, 15) is 18.3 Å². The number of sulfonamides is 1. The number of anilines is 1. The molecule has 1 fully saturated rings. The predicted octanol–water partition coefficient (Wildman–Crippen LogP) is 3.57. The van der Waals surface area contributed by atoms with Crippen LogP contribution in [0.15, 0.2) is 60.8 Å². The number of carbonyl (C=O) groups is 1. The topological polar surface area (TPSA) is 114 Å². The first kappa shape index (κ1) is 25.0. The molecule has 3 N–H and O–H groups in total. The van der Waals surface area contributed by atoms with Crippen molar-refractivity contribution in [3.05, 3.63) is 83.3 Å². The van der Waals surface area contributed by atoms with Crippen LogP contribution in [0, 0.1) is 5.82 Å². The number of aliphatic hydroxyl groups excluding tert-OH is 1. The number of carbonyl (C=O) groups excluding carboxylic acids is 1. The second-order valence-electron chi connectivity index (χ2n) is 8.92. The van der Waals surface area contributed by atoms with E-state index in [2.05, 4.69) is 4.98 Å². The quantitative estimate of drug-likeness (QED) is 0.460. The number of nitrogen functional groups attached to an aromatic ring is 1. The molecule has 0 radical (unpaired) electrons. The second-order valence-corrected chi connectivity index (χ2v) is 10.9. The predicted molar refractivity (Wildman–Crippen MR) is 133 cm³/mol. The summed E-state index contributed by atoms with van der Waals surface area (Å²) < 4.78 is 40.2. The normalized spacial score (nSPS) is 17.4. The molecule has 0 amide bonds. The minimum absolute atomic E-state index is 0.0194. The van der Waals surface area contributed by atoms with E-state index in [-0.39, 0.29) is 30.3 Å². The maximum absolute atomic E-state index is 15.0. The van der Waals surface area contributed by atoms with E-state index in [1.807, 2.05) is 36.4 Å². The molecule has 9 heteroatoms. The van der Waals surface area contributed by atoms with Crippen LogP contribution in [-0.2, 0) is 10.0 Å². The first-order valence-electron chi connectivity index (χ1n) is 11.4. The zero-order valence-electron chi connectivity index (χ0n) is 19.4. The molecule has 2 aromatic carbocycles. The summed E-state index contributed by atoms with van der Waals surface area (Å²) in [6, 6.07) is 15.3. The number of rotatable bonds is 8. The van der Waals surface area contributed by atoms with Gasteiger partial charge in [-0.15, -0.1) is 0 Å². The Morgan fingerprint density at radius 3 is 2.60 bits per heavy atom. The second kappa shape index (κ2) is 10.2. The highest BCUT2D eigenvalue weighted by atomic mass is 32.2. The van der Waals surface area contributed by atoms with Gasteiger partial charge in [0.2, 0.25) is 10.0 Å². The van der Waals surface area contributed by atoms with Crippen molar-refractivity contribution in [3.63, 3.8) is 0 Å². The number of benzene rings is 2. The number of pyridine rings is 1. The molecule has 0 aliphatic carbocycles. The summed E-state index contributed by atoms with van der Waals surface area (Å²) in [6.07, 6.45) is 3.46. The molecule has 35 heavy (non-hydrogen) atoms.